The van der Waals surface area contributed by atoms with Gasteiger partial charge in [0, 0.05) is 18.2 Å². The Kier molecular flexibility index (Phi) is 3.23. The van der Waals surface area contributed by atoms with Crippen LogP contribution in [0.15, 0.2) is 18.2 Å². The van der Waals surface area contributed by atoms with Crippen molar-refractivity contribution in [2.75, 3.05) is 0 Å². The van der Waals surface area contributed by atoms with Gasteiger partial charge in [-0.15, -0.1) is 0 Å². The van der Waals surface area contributed by atoms with E-state index in [1.807, 2.05) is 4.90 Å². The monoisotopic (exact) mass is 231 g/mol. The van der Waals surface area contributed by atoms with Gasteiger partial charge in [-0.25, -0.2) is 0 Å². The average molecular weight is 231 g/mol. The Hall–Kier alpha value is -1.31. The van der Waals surface area contributed by atoms with Gasteiger partial charge in [0.25, 0.3) is 5.91 Å². The van der Waals surface area contributed by atoms with Crippen LogP contribution in [-0.2, 0) is 6.54 Å². The molecule has 1 heterocycles. The van der Waals surface area contributed by atoms with Crippen molar-refractivity contribution in [1.29, 1.82) is 0 Å². The van der Waals surface area contributed by atoms with Crippen LogP contribution >= 0.6 is 0 Å². The first kappa shape index (κ1) is 12.2. The van der Waals surface area contributed by atoms with Gasteiger partial charge >= 0.3 is 0 Å². The van der Waals surface area contributed by atoms with Crippen LogP contribution in [0.4, 0.5) is 0 Å². The average Bonchev–Trinajstić information content (AvgIpc) is 2.65. The Labute approximate surface area is 104 Å². The highest BCUT2D eigenvalue weighted by atomic mass is 16.2. The molecule has 0 saturated carbocycles. The lowest BCUT2D eigenvalue weighted by Crippen LogP contribution is -2.32. The number of hydrogen-bond acceptors (Lipinski definition) is 1. The van der Waals surface area contributed by atoms with Gasteiger partial charge < -0.3 is 4.90 Å². The maximum absolute atomic E-state index is 12.3. The molecule has 1 aromatic carbocycles. The van der Waals surface area contributed by atoms with Crippen molar-refractivity contribution >= 4 is 5.91 Å². The van der Waals surface area contributed by atoms with E-state index < -0.39 is 0 Å². The summed E-state index contributed by atoms with van der Waals surface area (Å²) >= 11 is 0. The molecule has 1 unspecified atom stereocenters. The fraction of sp³-hybridized carbons (Fsp3) is 0.533. The highest BCUT2D eigenvalue weighted by molar-refractivity contribution is 5.98. The molecule has 0 spiro atoms. The van der Waals surface area contributed by atoms with Crippen molar-refractivity contribution in [1.82, 2.24) is 4.90 Å². The minimum atomic E-state index is 0.205. The fourth-order valence-electron chi connectivity index (χ4n) is 2.28. The number of carbonyl (C=O) groups excluding carboxylic acids is 1. The van der Waals surface area contributed by atoms with Crippen molar-refractivity contribution in [2.24, 2.45) is 0 Å². The van der Waals surface area contributed by atoms with E-state index in [0.717, 1.165) is 18.5 Å². The first-order valence-corrected chi connectivity index (χ1v) is 6.48. The Morgan fingerprint density at radius 2 is 2.00 bits per heavy atom. The number of carbonyl (C=O) groups is 1. The van der Waals surface area contributed by atoms with E-state index in [1.54, 1.807) is 0 Å². The summed E-state index contributed by atoms with van der Waals surface area (Å²) < 4.78 is 0. The van der Waals surface area contributed by atoms with Crippen molar-refractivity contribution in [3.8, 4) is 0 Å². The quantitative estimate of drug-likeness (QED) is 0.779. The van der Waals surface area contributed by atoms with E-state index in [2.05, 4.69) is 45.9 Å². The smallest absolute Gasteiger partial charge is 0.254 e. The molecule has 0 radical (unpaired) electrons. The summed E-state index contributed by atoms with van der Waals surface area (Å²) in [7, 11) is 0. The van der Waals surface area contributed by atoms with Gasteiger partial charge in [-0.05, 0) is 36.5 Å². The molecule has 2 rings (SSSR count). The number of rotatable bonds is 3. The molecule has 0 aromatic heterocycles. The minimum absolute atomic E-state index is 0.205. The van der Waals surface area contributed by atoms with Crippen molar-refractivity contribution < 1.29 is 4.79 Å². The summed E-state index contributed by atoms with van der Waals surface area (Å²) in [6, 6.07) is 6.67. The van der Waals surface area contributed by atoms with Crippen LogP contribution in [0.3, 0.4) is 0 Å². The number of amides is 1. The van der Waals surface area contributed by atoms with Crippen LogP contribution in [0, 0.1) is 0 Å². The van der Waals surface area contributed by atoms with Gasteiger partial charge in [0.05, 0.1) is 0 Å². The zero-order valence-electron chi connectivity index (χ0n) is 11.2. The lowest BCUT2D eigenvalue weighted by Gasteiger charge is -2.22. The van der Waals surface area contributed by atoms with E-state index in [4.69, 9.17) is 0 Å². The van der Waals surface area contributed by atoms with Gasteiger partial charge in [0.15, 0.2) is 0 Å². The first-order valence-electron chi connectivity index (χ1n) is 6.48. The predicted molar refractivity (Wildman–Crippen MR) is 70.2 cm³/mol. The van der Waals surface area contributed by atoms with Crippen molar-refractivity contribution in [2.45, 2.75) is 52.6 Å². The third-order valence-corrected chi connectivity index (χ3v) is 3.76. The molecule has 1 aliphatic heterocycles. The Morgan fingerprint density at radius 3 is 2.59 bits per heavy atom. The highest BCUT2D eigenvalue weighted by Gasteiger charge is 2.30. The molecule has 0 bridgehead atoms. The molecular weight excluding hydrogens is 210 g/mol. The fourth-order valence-corrected chi connectivity index (χ4v) is 2.28. The highest BCUT2D eigenvalue weighted by Crippen LogP contribution is 2.28. The van der Waals surface area contributed by atoms with E-state index in [0.29, 0.717) is 12.0 Å². The van der Waals surface area contributed by atoms with Crippen LogP contribution < -0.4 is 0 Å². The SMILES string of the molecule is CCC(C)N1Cc2ccc(C(C)C)cc2C1=O. The van der Waals surface area contributed by atoms with Crippen molar-refractivity contribution in [3.05, 3.63) is 34.9 Å². The van der Waals surface area contributed by atoms with Crippen LogP contribution in [0.5, 0.6) is 0 Å². The largest absolute Gasteiger partial charge is 0.332 e. The summed E-state index contributed by atoms with van der Waals surface area (Å²) in [5.41, 5.74) is 3.35. The molecule has 17 heavy (non-hydrogen) atoms. The Bertz CT molecular complexity index is 437. The maximum atomic E-state index is 12.3. The number of nitrogens with zero attached hydrogens (tertiary/aromatic N) is 1. The molecule has 92 valence electrons. The third-order valence-electron chi connectivity index (χ3n) is 3.76. The van der Waals surface area contributed by atoms with Gasteiger partial charge in [-0.3, -0.25) is 4.79 Å². The summed E-state index contributed by atoms with van der Waals surface area (Å²) in [4.78, 5) is 14.3. The van der Waals surface area contributed by atoms with Gasteiger partial charge in [-0.2, -0.15) is 0 Å². The molecule has 0 N–H and O–H groups in total. The Balaban J connectivity index is 2.33. The number of fused-ring (bicyclic) bond motifs is 1. The second kappa shape index (κ2) is 4.52. The predicted octanol–water partition coefficient (Wildman–Crippen LogP) is 3.56. The van der Waals surface area contributed by atoms with E-state index in [9.17, 15) is 4.79 Å². The molecular formula is C15H21NO. The molecule has 1 aromatic rings. The summed E-state index contributed by atoms with van der Waals surface area (Å²) in [6.45, 7) is 9.34. The van der Waals surface area contributed by atoms with Crippen LogP contribution in [-0.4, -0.2) is 16.8 Å². The molecule has 0 fully saturated rings. The zero-order valence-corrected chi connectivity index (χ0v) is 11.2. The molecule has 0 saturated heterocycles. The Morgan fingerprint density at radius 1 is 1.29 bits per heavy atom. The summed E-state index contributed by atoms with van der Waals surface area (Å²) in [5, 5.41) is 0. The van der Waals surface area contributed by atoms with Crippen LogP contribution in [0.2, 0.25) is 0 Å². The molecule has 0 aliphatic carbocycles. The maximum Gasteiger partial charge on any atom is 0.254 e. The second-order valence-corrected chi connectivity index (χ2v) is 5.26. The molecule has 1 amide bonds. The topological polar surface area (TPSA) is 20.3 Å². The summed E-state index contributed by atoms with van der Waals surface area (Å²) in [5.74, 6) is 0.683. The minimum Gasteiger partial charge on any atom is -0.332 e. The number of benzene rings is 1. The lowest BCUT2D eigenvalue weighted by atomic mass is 9.98. The second-order valence-electron chi connectivity index (χ2n) is 5.26. The summed E-state index contributed by atoms with van der Waals surface area (Å²) in [6.07, 6.45) is 1.01. The lowest BCUT2D eigenvalue weighted by molar-refractivity contribution is 0.0713. The van der Waals surface area contributed by atoms with E-state index in [1.165, 1.54) is 11.1 Å². The standard InChI is InChI=1S/C15H21NO/c1-5-11(4)16-9-13-7-6-12(10(2)3)8-14(13)15(16)17/h6-8,10-11H,5,9H2,1-4H3. The molecule has 2 heteroatoms. The molecule has 1 aliphatic rings. The van der Waals surface area contributed by atoms with Gasteiger partial charge in [-0.1, -0.05) is 32.9 Å². The molecule has 1 atom stereocenters. The molecule has 2 nitrogen and oxygen atoms in total. The van der Waals surface area contributed by atoms with Gasteiger partial charge in [0.1, 0.15) is 0 Å². The van der Waals surface area contributed by atoms with Gasteiger partial charge in [0.2, 0.25) is 0 Å². The third kappa shape index (κ3) is 2.08. The first-order chi connectivity index (χ1) is 8.04. The van der Waals surface area contributed by atoms with Crippen LogP contribution in [0.1, 0.15) is 61.5 Å². The van der Waals surface area contributed by atoms with E-state index >= 15 is 0 Å². The van der Waals surface area contributed by atoms with E-state index in [-0.39, 0.29) is 5.91 Å². The number of hydrogen-bond donors (Lipinski definition) is 0. The zero-order chi connectivity index (χ0) is 12.6. The van der Waals surface area contributed by atoms with Crippen LogP contribution in [0.25, 0.3) is 0 Å². The van der Waals surface area contributed by atoms with Crippen molar-refractivity contribution in [3.63, 3.8) is 0 Å². The normalized spacial score (nSPS) is 16.5.